The highest BCUT2D eigenvalue weighted by molar-refractivity contribution is 5.50. The first-order chi connectivity index (χ1) is 10.2. The van der Waals surface area contributed by atoms with Gasteiger partial charge in [-0.3, -0.25) is 0 Å². The molecule has 0 saturated heterocycles. The topological polar surface area (TPSA) is 87.2 Å². The minimum atomic E-state index is -0.00920. The van der Waals surface area contributed by atoms with Crippen LogP contribution in [0.4, 0.5) is 5.82 Å². The number of aliphatic hydroxyl groups excluding tert-OH is 1. The van der Waals surface area contributed by atoms with E-state index in [0.717, 1.165) is 0 Å². The fourth-order valence-corrected chi connectivity index (χ4v) is 1.97. The van der Waals surface area contributed by atoms with E-state index in [-0.39, 0.29) is 12.3 Å². The molecule has 1 N–H and O–H groups in total. The summed E-state index contributed by atoms with van der Waals surface area (Å²) in [6.45, 7) is 2.96. The van der Waals surface area contributed by atoms with Gasteiger partial charge >= 0.3 is 0 Å². The lowest BCUT2D eigenvalue weighted by atomic mass is 10.3. The normalized spacial score (nSPS) is 10.2. The number of rotatable bonds is 6. The second-order valence-electron chi connectivity index (χ2n) is 4.28. The number of nitriles is 1. The molecule has 0 spiro atoms. The fraction of sp³-hybridized carbons (Fsp3) is 0.357. The highest BCUT2D eigenvalue weighted by Crippen LogP contribution is 2.19. The summed E-state index contributed by atoms with van der Waals surface area (Å²) >= 11 is 0. The Morgan fingerprint density at radius 3 is 2.86 bits per heavy atom. The van der Waals surface area contributed by atoms with Crippen molar-refractivity contribution >= 4 is 5.82 Å². The first kappa shape index (κ1) is 14.8. The molecule has 0 bridgehead atoms. The average Bonchev–Trinajstić information content (AvgIpc) is 2.96. The number of nitrogens with zero attached hydrogens (tertiary/aromatic N) is 5. The fourth-order valence-electron chi connectivity index (χ4n) is 1.97. The number of aliphatic hydroxyl groups is 1. The van der Waals surface area contributed by atoms with Crippen LogP contribution in [0, 0.1) is 11.3 Å². The van der Waals surface area contributed by atoms with E-state index in [4.69, 9.17) is 9.84 Å². The van der Waals surface area contributed by atoms with Crippen molar-refractivity contribution in [2.24, 2.45) is 0 Å². The largest absolute Gasteiger partial charge is 0.497 e. The summed E-state index contributed by atoms with van der Waals surface area (Å²) < 4.78 is 5.17. The highest BCUT2D eigenvalue weighted by Gasteiger charge is 2.17. The van der Waals surface area contributed by atoms with Crippen LogP contribution in [0.2, 0.25) is 0 Å². The van der Waals surface area contributed by atoms with Gasteiger partial charge in [-0.15, -0.1) is 15.0 Å². The predicted molar refractivity (Wildman–Crippen MR) is 77.6 cm³/mol. The van der Waals surface area contributed by atoms with Gasteiger partial charge in [0.15, 0.2) is 5.82 Å². The molecule has 2 aromatic rings. The van der Waals surface area contributed by atoms with Gasteiger partial charge in [0.25, 0.3) is 0 Å². The summed E-state index contributed by atoms with van der Waals surface area (Å²) in [7, 11) is 1.59. The molecule has 0 saturated carbocycles. The van der Waals surface area contributed by atoms with Crippen molar-refractivity contribution in [2.45, 2.75) is 6.92 Å². The average molecular weight is 287 g/mol. The van der Waals surface area contributed by atoms with Gasteiger partial charge in [-0.2, -0.15) is 5.26 Å². The number of likely N-dealkylation sites (N-methyl/N-ethyl adjacent to an activating group) is 1. The van der Waals surface area contributed by atoms with Crippen LogP contribution in [0.5, 0.6) is 5.75 Å². The molecule has 0 unspecified atom stereocenters. The first-order valence-electron chi connectivity index (χ1n) is 6.61. The quantitative estimate of drug-likeness (QED) is 0.851. The maximum Gasteiger partial charge on any atom is 0.207 e. The van der Waals surface area contributed by atoms with E-state index in [0.29, 0.717) is 30.3 Å². The Labute approximate surface area is 123 Å². The van der Waals surface area contributed by atoms with Gasteiger partial charge in [-0.25, -0.2) is 0 Å². The Morgan fingerprint density at radius 1 is 1.43 bits per heavy atom. The van der Waals surface area contributed by atoms with E-state index in [1.54, 1.807) is 13.2 Å². The van der Waals surface area contributed by atoms with Crippen molar-refractivity contribution in [2.75, 3.05) is 31.7 Å². The Balaban J connectivity index is 2.42. The van der Waals surface area contributed by atoms with E-state index < -0.39 is 0 Å². The van der Waals surface area contributed by atoms with E-state index in [2.05, 4.69) is 10.2 Å². The minimum Gasteiger partial charge on any atom is -0.497 e. The van der Waals surface area contributed by atoms with Crippen LogP contribution < -0.4 is 9.64 Å². The second-order valence-corrected chi connectivity index (χ2v) is 4.28. The molecule has 0 aliphatic heterocycles. The van der Waals surface area contributed by atoms with Crippen molar-refractivity contribution in [3.05, 3.63) is 30.0 Å². The molecule has 1 heterocycles. The zero-order valence-corrected chi connectivity index (χ0v) is 12.0. The van der Waals surface area contributed by atoms with E-state index in [1.165, 1.54) is 4.80 Å². The molecule has 0 atom stereocenters. The first-order valence-corrected chi connectivity index (χ1v) is 6.61. The van der Waals surface area contributed by atoms with Crippen LogP contribution in [0.15, 0.2) is 24.3 Å². The van der Waals surface area contributed by atoms with E-state index >= 15 is 0 Å². The molecule has 1 aromatic heterocycles. The molecule has 0 radical (unpaired) electrons. The van der Waals surface area contributed by atoms with Crippen molar-refractivity contribution in [1.29, 1.82) is 5.26 Å². The third-order valence-electron chi connectivity index (χ3n) is 3.04. The Hall–Kier alpha value is -2.59. The van der Waals surface area contributed by atoms with Gasteiger partial charge in [0.1, 0.15) is 11.8 Å². The smallest absolute Gasteiger partial charge is 0.207 e. The SMILES string of the molecule is CCN(CCO)c1nn(-c2cccc(OC)c2)nc1C#N. The van der Waals surface area contributed by atoms with Crippen LogP contribution in [-0.2, 0) is 0 Å². The lowest BCUT2D eigenvalue weighted by Gasteiger charge is -2.18. The lowest BCUT2D eigenvalue weighted by Crippen LogP contribution is -2.27. The van der Waals surface area contributed by atoms with Gasteiger partial charge in [-0.05, 0) is 19.1 Å². The molecule has 7 nitrogen and oxygen atoms in total. The zero-order chi connectivity index (χ0) is 15.2. The van der Waals surface area contributed by atoms with Crippen LogP contribution >= 0.6 is 0 Å². The molecule has 7 heteroatoms. The molecule has 0 amide bonds. The molecular formula is C14H17N5O2. The van der Waals surface area contributed by atoms with Crippen LogP contribution in [0.3, 0.4) is 0 Å². The maximum atomic E-state index is 9.21. The molecule has 0 aliphatic carbocycles. The molecule has 0 fully saturated rings. The van der Waals surface area contributed by atoms with E-state index in [9.17, 15) is 5.26 Å². The molecule has 1 aromatic carbocycles. The highest BCUT2D eigenvalue weighted by atomic mass is 16.5. The van der Waals surface area contributed by atoms with Crippen molar-refractivity contribution in [1.82, 2.24) is 15.0 Å². The number of benzene rings is 1. The zero-order valence-electron chi connectivity index (χ0n) is 12.0. The van der Waals surface area contributed by atoms with Crippen LogP contribution in [-0.4, -0.2) is 46.9 Å². The summed E-state index contributed by atoms with van der Waals surface area (Å²) in [5.74, 6) is 1.16. The predicted octanol–water partition coefficient (Wildman–Crippen LogP) is 0.966. The number of hydrogen-bond donors (Lipinski definition) is 1. The van der Waals surface area contributed by atoms with Crippen molar-refractivity contribution < 1.29 is 9.84 Å². The van der Waals surface area contributed by atoms with Gasteiger partial charge in [0.2, 0.25) is 5.69 Å². The standard InChI is InChI=1S/C14H17N5O2/c1-3-18(7-8-20)14-13(10-15)16-19(17-14)11-5-4-6-12(9-11)21-2/h4-6,9,20H,3,7-8H2,1-2H3. The van der Waals surface area contributed by atoms with Crippen LogP contribution in [0.1, 0.15) is 12.6 Å². The van der Waals surface area contributed by atoms with E-state index in [1.807, 2.05) is 36.1 Å². The summed E-state index contributed by atoms with van der Waals surface area (Å²) in [6.07, 6.45) is 0. The molecule has 21 heavy (non-hydrogen) atoms. The lowest BCUT2D eigenvalue weighted by molar-refractivity contribution is 0.302. The van der Waals surface area contributed by atoms with Gasteiger partial charge < -0.3 is 14.7 Å². The summed E-state index contributed by atoms with van der Waals surface area (Å²) in [5, 5.41) is 26.9. The van der Waals surface area contributed by atoms with Crippen molar-refractivity contribution in [3.63, 3.8) is 0 Å². The maximum absolute atomic E-state index is 9.21. The van der Waals surface area contributed by atoms with Crippen LogP contribution in [0.25, 0.3) is 5.69 Å². The van der Waals surface area contributed by atoms with Gasteiger partial charge in [0, 0.05) is 19.2 Å². The summed E-state index contributed by atoms with van der Waals surface area (Å²) in [5.41, 5.74) is 0.935. The summed E-state index contributed by atoms with van der Waals surface area (Å²) in [4.78, 5) is 3.21. The Morgan fingerprint density at radius 2 is 2.24 bits per heavy atom. The molecule has 0 aliphatic rings. The molecule has 110 valence electrons. The summed E-state index contributed by atoms with van der Waals surface area (Å²) in [6, 6.07) is 9.30. The third-order valence-corrected chi connectivity index (χ3v) is 3.04. The molecular weight excluding hydrogens is 270 g/mol. The number of ether oxygens (including phenoxy) is 1. The van der Waals surface area contributed by atoms with Gasteiger partial charge in [0.05, 0.1) is 19.4 Å². The Bertz CT molecular complexity index is 647. The number of hydrogen-bond acceptors (Lipinski definition) is 6. The monoisotopic (exact) mass is 287 g/mol. The number of anilines is 1. The second kappa shape index (κ2) is 6.72. The molecule has 2 rings (SSSR count). The van der Waals surface area contributed by atoms with Gasteiger partial charge in [-0.1, -0.05) is 6.07 Å². The number of aromatic nitrogens is 3. The third kappa shape index (κ3) is 3.12. The Kier molecular flexibility index (Phi) is 4.74. The minimum absolute atomic E-state index is 0.00920. The van der Waals surface area contributed by atoms with Crippen molar-refractivity contribution in [3.8, 4) is 17.5 Å². The number of methoxy groups -OCH3 is 1.